The van der Waals surface area contributed by atoms with Gasteiger partial charge in [-0.1, -0.05) is 18.2 Å². The topological polar surface area (TPSA) is 59.8 Å². The third-order valence-electron chi connectivity index (χ3n) is 3.07. The normalized spacial score (nSPS) is 10.3. The van der Waals surface area contributed by atoms with Crippen LogP contribution in [-0.2, 0) is 7.05 Å². The van der Waals surface area contributed by atoms with Crippen molar-refractivity contribution in [2.75, 3.05) is 5.32 Å². The fourth-order valence-corrected chi connectivity index (χ4v) is 2.01. The first-order chi connectivity index (χ1) is 10.2. The lowest BCUT2D eigenvalue weighted by atomic mass is 10.1. The lowest BCUT2D eigenvalue weighted by molar-refractivity contribution is 0.102. The standard InChI is InChI=1S/C16H14N4O/c1-20-11-14(10-18-20)19-16(21)13-7-5-12(6-8-13)15-4-2-3-9-17-15/h2-11H,1H3,(H,19,21). The van der Waals surface area contributed by atoms with E-state index in [2.05, 4.69) is 15.4 Å². The van der Waals surface area contributed by atoms with Crippen LogP contribution in [0.2, 0.25) is 0 Å². The Morgan fingerprint density at radius 2 is 1.95 bits per heavy atom. The maximum atomic E-state index is 12.1. The van der Waals surface area contributed by atoms with Gasteiger partial charge in [0.05, 0.1) is 17.6 Å². The second-order valence-electron chi connectivity index (χ2n) is 4.65. The second-order valence-corrected chi connectivity index (χ2v) is 4.65. The molecule has 1 amide bonds. The summed E-state index contributed by atoms with van der Waals surface area (Å²) in [6.45, 7) is 0. The summed E-state index contributed by atoms with van der Waals surface area (Å²) in [6.07, 6.45) is 5.11. The molecule has 104 valence electrons. The Kier molecular flexibility index (Phi) is 3.47. The summed E-state index contributed by atoms with van der Waals surface area (Å²) in [5.41, 5.74) is 3.14. The van der Waals surface area contributed by atoms with Crippen molar-refractivity contribution in [1.29, 1.82) is 0 Å². The number of amides is 1. The van der Waals surface area contributed by atoms with E-state index in [1.807, 2.05) is 30.3 Å². The summed E-state index contributed by atoms with van der Waals surface area (Å²) in [5.74, 6) is -0.157. The Morgan fingerprint density at radius 1 is 1.14 bits per heavy atom. The minimum atomic E-state index is -0.157. The summed E-state index contributed by atoms with van der Waals surface area (Å²) in [4.78, 5) is 16.4. The van der Waals surface area contributed by atoms with E-state index in [1.54, 1.807) is 42.5 Å². The molecular weight excluding hydrogens is 264 g/mol. The predicted octanol–water partition coefficient (Wildman–Crippen LogP) is 2.73. The van der Waals surface area contributed by atoms with Gasteiger partial charge in [-0.2, -0.15) is 5.10 Å². The van der Waals surface area contributed by atoms with Crippen molar-refractivity contribution >= 4 is 11.6 Å². The highest BCUT2D eigenvalue weighted by Gasteiger charge is 2.07. The van der Waals surface area contributed by atoms with Gasteiger partial charge in [0.2, 0.25) is 0 Å². The van der Waals surface area contributed by atoms with E-state index in [-0.39, 0.29) is 5.91 Å². The molecule has 3 rings (SSSR count). The van der Waals surface area contributed by atoms with Gasteiger partial charge in [0.25, 0.3) is 5.91 Å². The summed E-state index contributed by atoms with van der Waals surface area (Å²) in [5, 5.41) is 6.81. The average Bonchev–Trinajstić information content (AvgIpc) is 2.93. The molecular formula is C16H14N4O. The second kappa shape index (κ2) is 5.58. The van der Waals surface area contributed by atoms with Crippen molar-refractivity contribution < 1.29 is 4.79 Å². The number of pyridine rings is 1. The molecule has 0 aliphatic heterocycles. The van der Waals surface area contributed by atoms with E-state index in [0.29, 0.717) is 11.3 Å². The summed E-state index contributed by atoms with van der Waals surface area (Å²) in [7, 11) is 1.80. The molecule has 0 saturated heterocycles. The fourth-order valence-electron chi connectivity index (χ4n) is 2.01. The number of carbonyl (C=O) groups excluding carboxylic acids is 1. The van der Waals surface area contributed by atoms with Gasteiger partial charge >= 0.3 is 0 Å². The molecule has 21 heavy (non-hydrogen) atoms. The van der Waals surface area contributed by atoms with Crippen LogP contribution in [0.15, 0.2) is 61.1 Å². The van der Waals surface area contributed by atoms with E-state index in [1.165, 1.54) is 0 Å². The van der Waals surface area contributed by atoms with Crippen LogP contribution in [0.4, 0.5) is 5.69 Å². The average molecular weight is 278 g/mol. The fraction of sp³-hybridized carbons (Fsp3) is 0.0625. The maximum Gasteiger partial charge on any atom is 0.255 e. The van der Waals surface area contributed by atoms with Crippen LogP contribution in [0.1, 0.15) is 10.4 Å². The first-order valence-corrected chi connectivity index (χ1v) is 6.54. The third kappa shape index (κ3) is 2.97. The van der Waals surface area contributed by atoms with Crippen molar-refractivity contribution in [3.05, 3.63) is 66.6 Å². The Hall–Kier alpha value is -2.95. The molecule has 1 N–H and O–H groups in total. The van der Waals surface area contributed by atoms with E-state index in [9.17, 15) is 4.79 Å². The van der Waals surface area contributed by atoms with E-state index in [0.717, 1.165) is 11.3 Å². The number of carbonyl (C=O) groups is 1. The number of aromatic nitrogens is 3. The van der Waals surface area contributed by atoms with Crippen LogP contribution < -0.4 is 5.32 Å². The number of hydrogen-bond donors (Lipinski definition) is 1. The third-order valence-corrected chi connectivity index (χ3v) is 3.07. The molecule has 0 unspecified atom stereocenters. The van der Waals surface area contributed by atoms with Crippen LogP contribution in [0.5, 0.6) is 0 Å². The van der Waals surface area contributed by atoms with Gasteiger partial charge < -0.3 is 5.32 Å². The molecule has 0 aliphatic rings. The molecule has 0 bridgehead atoms. The number of nitrogens with one attached hydrogen (secondary N) is 1. The van der Waals surface area contributed by atoms with Gasteiger partial charge in [-0.15, -0.1) is 0 Å². The summed E-state index contributed by atoms with van der Waals surface area (Å²) >= 11 is 0. The largest absolute Gasteiger partial charge is 0.319 e. The molecule has 0 radical (unpaired) electrons. The van der Waals surface area contributed by atoms with Crippen LogP contribution in [-0.4, -0.2) is 20.7 Å². The quantitative estimate of drug-likeness (QED) is 0.801. The lowest BCUT2D eigenvalue weighted by Gasteiger charge is -2.04. The first-order valence-electron chi connectivity index (χ1n) is 6.54. The monoisotopic (exact) mass is 278 g/mol. The van der Waals surface area contributed by atoms with Gasteiger partial charge in [-0.25, -0.2) is 0 Å². The molecule has 2 aromatic heterocycles. The number of aryl methyl sites for hydroxylation is 1. The lowest BCUT2D eigenvalue weighted by Crippen LogP contribution is -2.11. The highest BCUT2D eigenvalue weighted by molar-refractivity contribution is 6.04. The van der Waals surface area contributed by atoms with Crippen LogP contribution in [0, 0.1) is 0 Å². The molecule has 5 nitrogen and oxygen atoms in total. The van der Waals surface area contributed by atoms with Gasteiger partial charge in [0.1, 0.15) is 0 Å². The van der Waals surface area contributed by atoms with Crippen molar-refractivity contribution in [2.45, 2.75) is 0 Å². The zero-order chi connectivity index (χ0) is 14.7. The Labute approximate surface area is 122 Å². The van der Waals surface area contributed by atoms with Gasteiger partial charge in [0, 0.05) is 30.6 Å². The number of nitrogens with zero attached hydrogens (tertiary/aromatic N) is 3. The summed E-state index contributed by atoms with van der Waals surface area (Å²) in [6, 6.07) is 13.1. The predicted molar refractivity (Wildman–Crippen MR) is 80.8 cm³/mol. The summed E-state index contributed by atoms with van der Waals surface area (Å²) < 4.78 is 1.64. The van der Waals surface area contributed by atoms with Gasteiger partial charge in [-0.3, -0.25) is 14.5 Å². The molecule has 0 spiro atoms. The molecule has 0 aliphatic carbocycles. The van der Waals surface area contributed by atoms with Crippen LogP contribution in [0.25, 0.3) is 11.3 Å². The Bertz CT molecular complexity index is 747. The zero-order valence-electron chi connectivity index (χ0n) is 11.5. The highest BCUT2D eigenvalue weighted by Crippen LogP contribution is 2.17. The van der Waals surface area contributed by atoms with E-state index >= 15 is 0 Å². The molecule has 0 saturated carbocycles. The first kappa shape index (κ1) is 13.1. The van der Waals surface area contributed by atoms with E-state index < -0.39 is 0 Å². The molecule has 3 aromatic rings. The molecule has 2 heterocycles. The number of anilines is 1. The number of benzene rings is 1. The molecule has 1 aromatic carbocycles. The number of rotatable bonds is 3. The minimum absolute atomic E-state index is 0.157. The maximum absolute atomic E-state index is 12.1. The Balaban J connectivity index is 1.76. The van der Waals surface area contributed by atoms with Crippen molar-refractivity contribution in [2.24, 2.45) is 7.05 Å². The van der Waals surface area contributed by atoms with Gasteiger partial charge in [0.15, 0.2) is 0 Å². The SMILES string of the molecule is Cn1cc(NC(=O)c2ccc(-c3ccccn3)cc2)cn1. The highest BCUT2D eigenvalue weighted by atomic mass is 16.1. The van der Waals surface area contributed by atoms with Crippen molar-refractivity contribution in [3.8, 4) is 11.3 Å². The minimum Gasteiger partial charge on any atom is -0.319 e. The smallest absolute Gasteiger partial charge is 0.255 e. The van der Waals surface area contributed by atoms with Gasteiger partial charge in [-0.05, 0) is 24.3 Å². The van der Waals surface area contributed by atoms with Crippen LogP contribution >= 0.6 is 0 Å². The molecule has 0 fully saturated rings. The van der Waals surface area contributed by atoms with Crippen molar-refractivity contribution in [3.63, 3.8) is 0 Å². The molecule has 0 atom stereocenters. The van der Waals surface area contributed by atoms with Crippen molar-refractivity contribution in [1.82, 2.24) is 14.8 Å². The number of hydrogen-bond acceptors (Lipinski definition) is 3. The molecule has 5 heteroatoms. The zero-order valence-corrected chi connectivity index (χ0v) is 11.5. The van der Waals surface area contributed by atoms with Crippen LogP contribution in [0.3, 0.4) is 0 Å². The van der Waals surface area contributed by atoms with E-state index in [4.69, 9.17) is 0 Å². The Morgan fingerprint density at radius 3 is 2.57 bits per heavy atom.